The molecule has 8 heteroatoms. The molecule has 0 radical (unpaired) electrons. The summed E-state index contributed by atoms with van der Waals surface area (Å²) in [5.74, 6) is 2.05. The van der Waals surface area contributed by atoms with Crippen molar-refractivity contribution < 1.29 is 18.8 Å². The Morgan fingerprint density at radius 3 is 2.62 bits per heavy atom. The first-order valence-corrected chi connectivity index (χ1v) is 9.53. The number of aromatic nitrogens is 2. The van der Waals surface area contributed by atoms with Gasteiger partial charge in [0.05, 0.1) is 20.1 Å². The molecule has 1 fully saturated rings. The molecule has 3 aromatic rings. The first-order valence-electron chi connectivity index (χ1n) is 9.15. The van der Waals surface area contributed by atoms with Crippen LogP contribution in [0.2, 0.25) is 5.02 Å². The van der Waals surface area contributed by atoms with Gasteiger partial charge < -0.3 is 18.9 Å². The Morgan fingerprint density at radius 1 is 1.17 bits per heavy atom. The highest BCUT2D eigenvalue weighted by Gasteiger charge is 2.34. The van der Waals surface area contributed by atoms with Gasteiger partial charge in [0.15, 0.2) is 0 Å². The van der Waals surface area contributed by atoms with Crippen LogP contribution in [0.5, 0.6) is 11.5 Å². The molecule has 1 saturated heterocycles. The van der Waals surface area contributed by atoms with Crippen molar-refractivity contribution >= 4 is 17.5 Å². The van der Waals surface area contributed by atoms with Gasteiger partial charge in [-0.05, 0) is 29.8 Å². The van der Waals surface area contributed by atoms with Crippen LogP contribution < -0.4 is 9.47 Å². The zero-order valence-corrected chi connectivity index (χ0v) is 16.8. The maximum atomic E-state index is 12.5. The van der Waals surface area contributed by atoms with Gasteiger partial charge in [0, 0.05) is 36.2 Å². The zero-order valence-electron chi connectivity index (χ0n) is 16.1. The van der Waals surface area contributed by atoms with Crippen LogP contribution in [-0.2, 0) is 11.3 Å². The van der Waals surface area contributed by atoms with E-state index in [9.17, 15) is 4.79 Å². The van der Waals surface area contributed by atoms with Crippen LogP contribution >= 0.6 is 11.6 Å². The molecule has 1 atom stereocenters. The molecule has 1 aromatic heterocycles. The summed E-state index contributed by atoms with van der Waals surface area (Å²) >= 11 is 6.04. The number of amides is 1. The smallest absolute Gasteiger partial charge is 0.232 e. The SMILES string of the molecule is COc1cc(OC)cc(-c2noc(C3CC(=O)N(Cc4cccc(Cl)c4)C3)n2)c1. The summed E-state index contributed by atoms with van der Waals surface area (Å²) < 4.78 is 16.1. The monoisotopic (exact) mass is 413 g/mol. The number of benzene rings is 2. The Kier molecular flexibility index (Phi) is 5.40. The third kappa shape index (κ3) is 4.19. The second-order valence-corrected chi connectivity index (χ2v) is 7.30. The van der Waals surface area contributed by atoms with Crippen molar-refractivity contribution in [3.8, 4) is 22.9 Å². The topological polar surface area (TPSA) is 77.7 Å². The number of carbonyl (C=O) groups excluding carboxylic acids is 1. The van der Waals surface area contributed by atoms with Crippen molar-refractivity contribution in [2.75, 3.05) is 20.8 Å². The number of carbonyl (C=O) groups is 1. The zero-order chi connectivity index (χ0) is 20.4. The number of rotatable bonds is 6. The third-order valence-corrected chi connectivity index (χ3v) is 5.11. The average molecular weight is 414 g/mol. The van der Waals surface area contributed by atoms with Crippen LogP contribution in [0.4, 0.5) is 0 Å². The van der Waals surface area contributed by atoms with E-state index < -0.39 is 0 Å². The normalized spacial score (nSPS) is 16.3. The van der Waals surface area contributed by atoms with Gasteiger partial charge >= 0.3 is 0 Å². The quantitative estimate of drug-likeness (QED) is 0.609. The van der Waals surface area contributed by atoms with Crippen molar-refractivity contribution in [3.63, 3.8) is 0 Å². The Labute approximate surface area is 173 Å². The number of halogens is 1. The lowest BCUT2D eigenvalue weighted by molar-refractivity contribution is -0.128. The Bertz CT molecular complexity index is 1010. The summed E-state index contributed by atoms with van der Waals surface area (Å²) in [4.78, 5) is 18.8. The molecule has 1 aliphatic heterocycles. The van der Waals surface area contributed by atoms with Gasteiger partial charge in [-0.1, -0.05) is 28.9 Å². The molecule has 150 valence electrons. The third-order valence-electron chi connectivity index (χ3n) is 4.88. The van der Waals surface area contributed by atoms with E-state index in [-0.39, 0.29) is 11.8 Å². The molecule has 29 heavy (non-hydrogen) atoms. The molecule has 2 heterocycles. The predicted octanol–water partition coefficient (Wildman–Crippen LogP) is 3.92. The van der Waals surface area contributed by atoms with Crippen molar-refractivity contribution in [3.05, 3.63) is 58.9 Å². The highest BCUT2D eigenvalue weighted by atomic mass is 35.5. The van der Waals surface area contributed by atoms with Gasteiger partial charge in [0.25, 0.3) is 0 Å². The molecule has 2 aromatic carbocycles. The number of nitrogens with zero attached hydrogens (tertiary/aromatic N) is 3. The molecule has 1 aliphatic rings. The highest BCUT2D eigenvalue weighted by molar-refractivity contribution is 6.30. The predicted molar refractivity (Wildman–Crippen MR) is 107 cm³/mol. The van der Waals surface area contributed by atoms with Crippen LogP contribution in [0.25, 0.3) is 11.4 Å². The van der Waals surface area contributed by atoms with E-state index >= 15 is 0 Å². The van der Waals surface area contributed by atoms with Crippen LogP contribution in [0, 0.1) is 0 Å². The summed E-state index contributed by atoms with van der Waals surface area (Å²) in [7, 11) is 3.16. The van der Waals surface area contributed by atoms with Crippen molar-refractivity contribution in [2.24, 2.45) is 0 Å². The van der Waals surface area contributed by atoms with E-state index in [1.54, 1.807) is 25.2 Å². The molecule has 0 spiro atoms. The summed E-state index contributed by atoms with van der Waals surface area (Å²) in [6, 6.07) is 12.9. The van der Waals surface area contributed by atoms with Crippen molar-refractivity contribution in [1.29, 1.82) is 0 Å². The molecular formula is C21H20ClN3O4. The number of hydrogen-bond acceptors (Lipinski definition) is 6. The largest absolute Gasteiger partial charge is 0.497 e. The van der Waals surface area contributed by atoms with Crippen molar-refractivity contribution in [1.82, 2.24) is 15.0 Å². The maximum absolute atomic E-state index is 12.5. The Balaban J connectivity index is 1.51. The van der Waals surface area contributed by atoms with Gasteiger partial charge in [-0.2, -0.15) is 4.98 Å². The summed E-state index contributed by atoms with van der Waals surface area (Å²) in [6.45, 7) is 1.03. The second-order valence-electron chi connectivity index (χ2n) is 6.86. The van der Waals surface area contributed by atoms with Gasteiger partial charge in [-0.15, -0.1) is 0 Å². The first kappa shape index (κ1) is 19.3. The van der Waals surface area contributed by atoms with Crippen LogP contribution in [0.3, 0.4) is 0 Å². The highest BCUT2D eigenvalue weighted by Crippen LogP contribution is 2.32. The molecule has 0 aliphatic carbocycles. The van der Waals surface area contributed by atoms with E-state index in [1.807, 2.05) is 36.4 Å². The molecule has 0 saturated carbocycles. The number of methoxy groups -OCH3 is 2. The van der Waals surface area contributed by atoms with E-state index in [0.29, 0.717) is 47.7 Å². The molecule has 1 amide bonds. The fraction of sp³-hybridized carbons (Fsp3) is 0.286. The fourth-order valence-electron chi connectivity index (χ4n) is 3.40. The van der Waals surface area contributed by atoms with Gasteiger partial charge in [0.2, 0.25) is 17.6 Å². The van der Waals surface area contributed by atoms with Crippen LogP contribution in [0.1, 0.15) is 23.8 Å². The number of hydrogen-bond donors (Lipinski definition) is 0. The summed E-state index contributed by atoms with van der Waals surface area (Å²) in [5, 5.41) is 4.74. The molecule has 0 N–H and O–H groups in total. The molecule has 7 nitrogen and oxygen atoms in total. The Morgan fingerprint density at radius 2 is 1.93 bits per heavy atom. The lowest BCUT2D eigenvalue weighted by atomic mass is 10.1. The molecular weight excluding hydrogens is 394 g/mol. The molecule has 4 rings (SSSR count). The lowest BCUT2D eigenvalue weighted by Crippen LogP contribution is -2.24. The standard InChI is InChI=1S/C21H20ClN3O4/c1-27-17-7-14(8-18(10-17)28-2)20-23-21(29-24-20)15-9-19(26)25(12-15)11-13-4-3-5-16(22)6-13/h3-8,10,15H,9,11-12H2,1-2H3. The van der Waals surface area contributed by atoms with Crippen LogP contribution in [0.15, 0.2) is 47.0 Å². The second kappa shape index (κ2) is 8.13. The number of ether oxygens (including phenoxy) is 2. The number of likely N-dealkylation sites (tertiary alicyclic amines) is 1. The summed E-state index contributed by atoms with van der Waals surface area (Å²) in [6.07, 6.45) is 0.337. The van der Waals surface area contributed by atoms with E-state index in [2.05, 4.69) is 10.1 Å². The first-order chi connectivity index (χ1) is 14.1. The van der Waals surface area contributed by atoms with E-state index in [4.69, 9.17) is 25.6 Å². The molecule has 1 unspecified atom stereocenters. The lowest BCUT2D eigenvalue weighted by Gasteiger charge is -2.16. The maximum Gasteiger partial charge on any atom is 0.232 e. The van der Waals surface area contributed by atoms with Crippen LogP contribution in [-0.4, -0.2) is 41.7 Å². The fourth-order valence-corrected chi connectivity index (χ4v) is 3.61. The van der Waals surface area contributed by atoms with Gasteiger partial charge in [0.1, 0.15) is 11.5 Å². The summed E-state index contributed by atoms with van der Waals surface area (Å²) in [5.41, 5.74) is 1.71. The Hall–Kier alpha value is -3.06. The van der Waals surface area contributed by atoms with Crippen molar-refractivity contribution in [2.45, 2.75) is 18.9 Å². The van der Waals surface area contributed by atoms with E-state index in [0.717, 1.165) is 11.1 Å². The minimum Gasteiger partial charge on any atom is -0.497 e. The minimum absolute atomic E-state index is 0.0535. The molecule has 0 bridgehead atoms. The van der Waals surface area contributed by atoms with Gasteiger partial charge in [-0.3, -0.25) is 4.79 Å². The minimum atomic E-state index is -0.143. The average Bonchev–Trinajstić information content (AvgIpc) is 3.35. The van der Waals surface area contributed by atoms with E-state index in [1.165, 1.54) is 0 Å². The van der Waals surface area contributed by atoms with Gasteiger partial charge in [-0.25, -0.2) is 0 Å².